The maximum atomic E-state index is 11.9. The molecule has 0 aromatic carbocycles. The summed E-state index contributed by atoms with van der Waals surface area (Å²) in [5.74, 6) is 0.628. The highest BCUT2D eigenvalue weighted by Gasteiger charge is 2.28. The normalized spacial score (nSPS) is 32.3. The lowest BCUT2D eigenvalue weighted by Crippen LogP contribution is -2.45. The second-order valence-corrected chi connectivity index (χ2v) is 5.33. The van der Waals surface area contributed by atoms with Gasteiger partial charge in [0.15, 0.2) is 0 Å². The Hall–Kier alpha value is -0.570. The van der Waals surface area contributed by atoms with Gasteiger partial charge < -0.3 is 10.1 Å². The fourth-order valence-corrected chi connectivity index (χ4v) is 2.72. The van der Waals surface area contributed by atoms with E-state index in [4.69, 9.17) is 4.74 Å². The first-order valence-corrected chi connectivity index (χ1v) is 6.69. The number of hydrogen-bond donors (Lipinski definition) is 1. The minimum absolute atomic E-state index is 0.0153. The van der Waals surface area contributed by atoms with Crippen molar-refractivity contribution in [2.45, 2.75) is 64.0 Å². The van der Waals surface area contributed by atoms with Crippen molar-refractivity contribution in [2.24, 2.45) is 5.92 Å². The van der Waals surface area contributed by atoms with Gasteiger partial charge in [-0.15, -0.1) is 0 Å². The first kappa shape index (κ1) is 11.9. The zero-order chi connectivity index (χ0) is 11.4. The van der Waals surface area contributed by atoms with E-state index >= 15 is 0 Å². The number of hydrogen-bond acceptors (Lipinski definition) is 3. The first-order chi connectivity index (χ1) is 7.75. The summed E-state index contributed by atoms with van der Waals surface area (Å²) in [6, 6.07) is -0.0503. The van der Waals surface area contributed by atoms with Gasteiger partial charge in [0.25, 0.3) is 0 Å². The van der Waals surface area contributed by atoms with Crippen LogP contribution in [0.25, 0.3) is 0 Å². The van der Waals surface area contributed by atoms with Crippen LogP contribution >= 0.6 is 0 Å². The molecule has 2 unspecified atom stereocenters. The fourth-order valence-electron chi connectivity index (χ4n) is 2.72. The van der Waals surface area contributed by atoms with Gasteiger partial charge in [-0.25, -0.2) is 0 Å². The Labute approximate surface area is 97.9 Å². The molecule has 2 rings (SSSR count). The highest BCUT2D eigenvalue weighted by Crippen LogP contribution is 2.22. The highest BCUT2D eigenvalue weighted by molar-refractivity contribution is 5.76. The summed E-state index contributed by atoms with van der Waals surface area (Å²) in [5, 5.41) is 3.26. The predicted molar refractivity (Wildman–Crippen MR) is 63.2 cm³/mol. The molecule has 2 fully saturated rings. The van der Waals surface area contributed by atoms with E-state index in [0.717, 1.165) is 25.8 Å². The second kappa shape index (κ2) is 5.67. The lowest BCUT2D eigenvalue weighted by atomic mass is 9.94. The topological polar surface area (TPSA) is 38.3 Å². The molecule has 0 aromatic heterocycles. The molecule has 3 heteroatoms. The van der Waals surface area contributed by atoms with Gasteiger partial charge in [-0.3, -0.25) is 4.79 Å². The smallest absolute Gasteiger partial charge is 0.323 e. The second-order valence-electron chi connectivity index (χ2n) is 5.33. The van der Waals surface area contributed by atoms with Crippen molar-refractivity contribution in [1.82, 2.24) is 5.32 Å². The molecule has 1 saturated carbocycles. The Morgan fingerprint density at radius 2 is 1.94 bits per heavy atom. The average molecular weight is 225 g/mol. The van der Waals surface area contributed by atoms with Crippen LogP contribution in [0.5, 0.6) is 0 Å². The van der Waals surface area contributed by atoms with E-state index in [-0.39, 0.29) is 18.1 Å². The third kappa shape index (κ3) is 3.21. The quantitative estimate of drug-likeness (QED) is 0.733. The van der Waals surface area contributed by atoms with Crippen LogP contribution < -0.4 is 5.32 Å². The van der Waals surface area contributed by atoms with Crippen molar-refractivity contribution in [1.29, 1.82) is 0 Å². The van der Waals surface area contributed by atoms with Gasteiger partial charge in [0.2, 0.25) is 0 Å². The maximum absolute atomic E-state index is 11.9. The van der Waals surface area contributed by atoms with Crippen LogP contribution in [0.4, 0.5) is 0 Å². The molecular weight excluding hydrogens is 202 g/mol. The van der Waals surface area contributed by atoms with Gasteiger partial charge >= 0.3 is 5.97 Å². The van der Waals surface area contributed by atoms with Crippen molar-refractivity contribution in [3.8, 4) is 0 Å². The summed E-state index contributed by atoms with van der Waals surface area (Å²) in [6.07, 6.45) is 8.16. The van der Waals surface area contributed by atoms with E-state index < -0.39 is 0 Å². The number of ether oxygens (including phenoxy) is 1. The van der Waals surface area contributed by atoms with Gasteiger partial charge in [0.1, 0.15) is 12.1 Å². The minimum atomic E-state index is -0.0503. The number of piperidine rings is 1. The molecule has 0 spiro atoms. The maximum Gasteiger partial charge on any atom is 0.323 e. The Kier molecular flexibility index (Phi) is 4.22. The minimum Gasteiger partial charge on any atom is -0.461 e. The molecule has 16 heavy (non-hydrogen) atoms. The van der Waals surface area contributed by atoms with E-state index in [0.29, 0.717) is 5.92 Å². The monoisotopic (exact) mass is 225 g/mol. The zero-order valence-electron chi connectivity index (χ0n) is 10.2. The highest BCUT2D eigenvalue weighted by atomic mass is 16.5. The van der Waals surface area contributed by atoms with Crippen LogP contribution in [0.3, 0.4) is 0 Å². The zero-order valence-corrected chi connectivity index (χ0v) is 10.2. The predicted octanol–water partition coefficient (Wildman–Crippen LogP) is 2.25. The molecule has 0 amide bonds. The third-order valence-electron chi connectivity index (χ3n) is 3.79. The van der Waals surface area contributed by atoms with Crippen molar-refractivity contribution in [3.63, 3.8) is 0 Å². The first-order valence-electron chi connectivity index (χ1n) is 6.69. The molecule has 0 radical (unpaired) electrons. The van der Waals surface area contributed by atoms with E-state index in [2.05, 4.69) is 12.2 Å². The van der Waals surface area contributed by atoms with E-state index in [9.17, 15) is 4.79 Å². The van der Waals surface area contributed by atoms with Gasteiger partial charge in [-0.05, 0) is 51.0 Å². The van der Waals surface area contributed by atoms with Gasteiger partial charge in [-0.2, -0.15) is 0 Å². The SMILES string of the molecule is CC1CCNC(C(=O)OC2CCCCC2)C1. The Bertz CT molecular complexity index is 236. The van der Waals surface area contributed by atoms with Crippen molar-refractivity contribution in [3.05, 3.63) is 0 Å². The summed E-state index contributed by atoms with van der Waals surface area (Å²) in [6.45, 7) is 3.16. The van der Waals surface area contributed by atoms with Crippen LogP contribution in [0.1, 0.15) is 51.9 Å². The molecule has 0 bridgehead atoms. The summed E-state index contributed by atoms with van der Waals surface area (Å²) in [5.41, 5.74) is 0. The van der Waals surface area contributed by atoms with Crippen molar-refractivity contribution in [2.75, 3.05) is 6.54 Å². The number of rotatable bonds is 2. The lowest BCUT2D eigenvalue weighted by molar-refractivity contribution is -0.154. The number of nitrogens with one attached hydrogen (secondary N) is 1. The molecule has 1 aliphatic carbocycles. The summed E-state index contributed by atoms with van der Waals surface area (Å²) >= 11 is 0. The van der Waals surface area contributed by atoms with Gasteiger partial charge in [0, 0.05) is 0 Å². The molecule has 2 atom stereocenters. The van der Waals surface area contributed by atoms with Crippen LogP contribution in [0.2, 0.25) is 0 Å². The number of carbonyl (C=O) groups excluding carboxylic acids is 1. The van der Waals surface area contributed by atoms with Crippen molar-refractivity contribution < 1.29 is 9.53 Å². The Morgan fingerprint density at radius 1 is 1.19 bits per heavy atom. The van der Waals surface area contributed by atoms with Crippen LogP contribution in [-0.2, 0) is 9.53 Å². The average Bonchev–Trinajstić information content (AvgIpc) is 2.30. The molecule has 92 valence electrons. The van der Waals surface area contributed by atoms with Crippen LogP contribution in [-0.4, -0.2) is 24.7 Å². The largest absolute Gasteiger partial charge is 0.461 e. The number of esters is 1. The Morgan fingerprint density at radius 3 is 2.62 bits per heavy atom. The third-order valence-corrected chi connectivity index (χ3v) is 3.79. The number of carbonyl (C=O) groups is 1. The molecule has 1 aliphatic heterocycles. The van der Waals surface area contributed by atoms with Crippen molar-refractivity contribution >= 4 is 5.97 Å². The van der Waals surface area contributed by atoms with Gasteiger partial charge in [0.05, 0.1) is 0 Å². The summed E-state index contributed by atoms with van der Waals surface area (Å²) in [7, 11) is 0. The van der Waals surface area contributed by atoms with E-state index in [1.54, 1.807) is 0 Å². The Balaban J connectivity index is 1.77. The summed E-state index contributed by atoms with van der Waals surface area (Å²) < 4.78 is 5.58. The standard InChI is InChI=1S/C13H23NO2/c1-10-7-8-14-12(9-10)13(15)16-11-5-3-2-4-6-11/h10-12,14H,2-9H2,1H3. The summed E-state index contributed by atoms with van der Waals surface area (Å²) in [4.78, 5) is 11.9. The van der Waals surface area contributed by atoms with Crippen LogP contribution in [0.15, 0.2) is 0 Å². The molecule has 0 aromatic rings. The molecule has 1 saturated heterocycles. The molecule has 1 heterocycles. The lowest BCUT2D eigenvalue weighted by Gasteiger charge is -2.29. The molecular formula is C13H23NO2. The van der Waals surface area contributed by atoms with Crippen LogP contribution in [0, 0.1) is 5.92 Å². The molecule has 1 N–H and O–H groups in total. The molecule has 2 aliphatic rings. The fraction of sp³-hybridized carbons (Fsp3) is 0.923. The van der Waals surface area contributed by atoms with E-state index in [1.165, 1.54) is 25.7 Å². The molecule has 3 nitrogen and oxygen atoms in total. The van der Waals surface area contributed by atoms with Gasteiger partial charge in [-0.1, -0.05) is 13.3 Å². The van der Waals surface area contributed by atoms with E-state index in [1.807, 2.05) is 0 Å².